The minimum Gasteiger partial charge on any atom is -0.481 e. The van der Waals surface area contributed by atoms with Gasteiger partial charge in [0.25, 0.3) is 0 Å². The maximum Gasteiger partial charge on any atom is 0.307 e. The second-order valence-corrected chi connectivity index (χ2v) is 10.6. The molecule has 4 rings (SSSR count). The number of fused-ring (bicyclic) bond motifs is 1. The van der Waals surface area contributed by atoms with Crippen molar-refractivity contribution in [1.82, 2.24) is 0 Å². The fraction of sp³-hybridized carbons (Fsp3) is 0.130. The normalized spacial score (nSPS) is 16.3. The number of aliphatic carboxylic acids is 1. The molecule has 0 saturated heterocycles. The molecular formula is C23H18FNO5S2. The predicted octanol–water partition coefficient (Wildman–Crippen LogP) is 2.47. The lowest BCUT2D eigenvalue weighted by Gasteiger charge is -2.10. The van der Waals surface area contributed by atoms with Crippen molar-refractivity contribution in [1.29, 1.82) is 0 Å². The van der Waals surface area contributed by atoms with Gasteiger partial charge in [-0.1, -0.05) is 18.2 Å². The third-order valence-corrected chi connectivity index (χ3v) is 8.39. The summed E-state index contributed by atoms with van der Waals surface area (Å²) >= 11 is 0. The number of nitrogens with zero attached hydrogens (tertiary/aromatic N) is 1. The molecule has 164 valence electrons. The molecular weight excluding hydrogens is 453 g/mol. The monoisotopic (exact) mass is 471 g/mol. The van der Waals surface area contributed by atoms with Crippen LogP contribution in [0, 0.1) is 5.82 Å². The maximum absolute atomic E-state index is 14.9. The number of carbonyl (C=O) groups is 1. The molecule has 1 aliphatic rings. The van der Waals surface area contributed by atoms with Crippen molar-refractivity contribution in [2.45, 2.75) is 39.0 Å². The van der Waals surface area contributed by atoms with Crippen LogP contribution in [-0.2, 0) is 25.4 Å². The van der Waals surface area contributed by atoms with Gasteiger partial charge in [-0.05, 0) is 61.0 Å². The number of sulfone groups is 1. The van der Waals surface area contributed by atoms with Crippen LogP contribution in [0.5, 0.6) is 0 Å². The average Bonchev–Trinajstić information content (AvgIpc) is 3.08. The lowest BCUT2D eigenvalue weighted by molar-refractivity contribution is -0.135. The SMILES string of the molecule is CC1N=c2ccc(F)c(S(=O)(=O)c3ccc(S(=O)c4ccccc4)cc3)c2=C1CC(=O)O. The number of rotatable bonds is 6. The highest BCUT2D eigenvalue weighted by atomic mass is 32.2. The van der Waals surface area contributed by atoms with E-state index in [1.54, 1.807) is 37.3 Å². The number of carboxylic acid groups (broad SMARTS) is 1. The Labute approximate surface area is 186 Å². The van der Waals surface area contributed by atoms with Crippen molar-refractivity contribution in [2.24, 2.45) is 4.99 Å². The van der Waals surface area contributed by atoms with Crippen molar-refractivity contribution in [3.8, 4) is 0 Å². The molecule has 1 N–H and O–H groups in total. The molecule has 9 heteroatoms. The fourth-order valence-electron chi connectivity index (χ4n) is 3.66. The van der Waals surface area contributed by atoms with Crippen molar-refractivity contribution < 1.29 is 26.9 Å². The maximum atomic E-state index is 14.9. The van der Waals surface area contributed by atoms with E-state index in [9.17, 15) is 26.9 Å². The number of hydrogen-bond donors (Lipinski definition) is 1. The molecule has 1 aliphatic heterocycles. The van der Waals surface area contributed by atoms with Crippen molar-refractivity contribution in [3.63, 3.8) is 0 Å². The summed E-state index contributed by atoms with van der Waals surface area (Å²) in [5.74, 6) is -2.14. The molecule has 0 saturated carbocycles. The predicted molar refractivity (Wildman–Crippen MR) is 115 cm³/mol. The van der Waals surface area contributed by atoms with E-state index < -0.39 is 49.8 Å². The molecule has 0 spiro atoms. The molecule has 0 fully saturated rings. The molecule has 2 atom stereocenters. The highest BCUT2D eigenvalue weighted by Crippen LogP contribution is 2.25. The third kappa shape index (κ3) is 3.89. The zero-order valence-electron chi connectivity index (χ0n) is 16.9. The number of hydrogen-bond acceptors (Lipinski definition) is 5. The molecule has 0 aromatic heterocycles. The van der Waals surface area contributed by atoms with E-state index >= 15 is 0 Å². The molecule has 0 radical (unpaired) electrons. The summed E-state index contributed by atoms with van der Waals surface area (Å²) < 4.78 is 54.3. The Morgan fingerprint density at radius 2 is 1.66 bits per heavy atom. The van der Waals surface area contributed by atoms with Crippen LogP contribution >= 0.6 is 0 Å². The van der Waals surface area contributed by atoms with Crippen LogP contribution in [0.25, 0.3) is 5.57 Å². The van der Waals surface area contributed by atoms with E-state index in [0.29, 0.717) is 9.79 Å². The van der Waals surface area contributed by atoms with Gasteiger partial charge in [-0.3, -0.25) is 9.79 Å². The van der Waals surface area contributed by atoms with E-state index in [1.807, 2.05) is 0 Å². The Balaban J connectivity index is 1.84. The Kier molecular flexibility index (Phi) is 5.79. The minimum absolute atomic E-state index is 0.0110. The van der Waals surface area contributed by atoms with Gasteiger partial charge < -0.3 is 5.11 Å². The lowest BCUT2D eigenvalue weighted by Crippen LogP contribution is -2.32. The molecule has 0 aliphatic carbocycles. The topological polar surface area (TPSA) is 101 Å². The van der Waals surface area contributed by atoms with E-state index in [2.05, 4.69) is 4.99 Å². The zero-order chi connectivity index (χ0) is 23.0. The van der Waals surface area contributed by atoms with Crippen molar-refractivity contribution >= 4 is 32.2 Å². The summed E-state index contributed by atoms with van der Waals surface area (Å²) in [7, 11) is -5.84. The zero-order valence-corrected chi connectivity index (χ0v) is 18.5. The van der Waals surface area contributed by atoms with Crippen molar-refractivity contribution in [2.75, 3.05) is 0 Å². The molecule has 3 aromatic rings. The van der Waals surface area contributed by atoms with Crippen LogP contribution in [-0.4, -0.2) is 29.7 Å². The minimum atomic E-state index is -4.34. The molecule has 0 bridgehead atoms. The van der Waals surface area contributed by atoms with E-state index in [-0.39, 0.29) is 21.0 Å². The van der Waals surface area contributed by atoms with Gasteiger partial charge in [-0.2, -0.15) is 0 Å². The van der Waals surface area contributed by atoms with Crippen LogP contribution in [0.15, 0.2) is 91.3 Å². The molecule has 3 aromatic carbocycles. The van der Waals surface area contributed by atoms with E-state index in [4.69, 9.17) is 0 Å². The van der Waals surface area contributed by atoms with Gasteiger partial charge in [0.15, 0.2) is 0 Å². The lowest BCUT2D eigenvalue weighted by atomic mass is 10.0. The number of halogens is 1. The van der Waals surface area contributed by atoms with Gasteiger partial charge in [0.2, 0.25) is 9.84 Å². The van der Waals surface area contributed by atoms with Gasteiger partial charge in [0.05, 0.1) is 33.5 Å². The number of carboxylic acids is 1. The Bertz CT molecular complexity index is 1470. The van der Waals surface area contributed by atoms with Gasteiger partial charge in [-0.25, -0.2) is 17.0 Å². The second-order valence-electron chi connectivity index (χ2n) is 7.23. The van der Waals surface area contributed by atoms with Crippen LogP contribution < -0.4 is 10.6 Å². The fourth-order valence-corrected chi connectivity index (χ4v) is 6.28. The summed E-state index contributed by atoms with van der Waals surface area (Å²) in [6.45, 7) is 1.64. The summed E-state index contributed by atoms with van der Waals surface area (Å²) in [6.07, 6.45) is -0.446. The van der Waals surface area contributed by atoms with Crippen molar-refractivity contribution in [3.05, 3.63) is 83.1 Å². The van der Waals surface area contributed by atoms with Gasteiger partial charge in [0.1, 0.15) is 10.7 Å². The summed E-state index contributed by atoms with van der Waals surface area (Å²) in [4.78, 5) is 15.8. The average molecular weight is 472 g/mol. The summed E-state index contributed by atoms with van der Waals surface area (Å²) in [5, 5.41) is 9.50. The number of benzene rings is 3. The van der Waals surface area contributed by atoms with Gasteiger partial charge in [-0.15, -0.1) is 0 Å². The standard InChI is InChI=1S/C23H18FNO5S2/c1-14-18(13-21(26)27)22-20(25-14)12-11-19(24)23(22)32(29,30)17-9-7-16(8-10-17)31(28)15-5-3-2-4-6-15/h2-12,14H,13H2,1H3,(H,26,27). The van der Waals surface area contributed by atoms with Crippen LogP contribution in [0.2, 0.25) is 0 Å². The Hall–Kier alpha value is -3.17. The van der Waals surface area contributed by atoms with Crippen LogP contribution in [0.4, 0.5) is 4.39 Å². The highest BCUT2D eigenvalue weighted by Gasteiger charge is 2.29. The van der Waals surface area contributed by atoms with Crippen LogP contribution in [0.1, 0.15) is 13.3 Å². The first kappa shape index (κ1) is 22.0. The summed E-state index contributed by atoms with van der Waals surface area (Å²) in [5.41, 5.74) is 0.243. The van der Waals surface area contributed by atoms with E-state index in [0.717, 1.165) is 6.07 Å². The second kappa shape index (κ2) is 8.40. The van der Waals surface area contributed by atoms with Gasteiger partial charge in [0, 0.05) is 15.0 Å². The highest BCUT2D eigenvalue weighted by molar-refractivity contribution is 7.91. The third-order valence-electron chi connectivity index (χ3n) is 5.16. The molecule has 6 nitrogen and oxygen atoms in total. The molecule has 32 heavy (non-hydrogen) atoms. The van der Waals surface area contributed by atoms with Crippen LogP contribution in [0.3, 0.4) is 0 Å². The Morgan fingerprint density at radius 1 is 1.03 bits per heavy atom. The first-order valence-corrected chi connectivity index (χ1v) is 12.3. The first-order chi connectivity index (χ1) is 15.2. The largest absolute Gasteiger partial charge is 0.481 e. The Morgan fingerprint density at radius 3 is 2.28 bits per heavy atom. The molecule has 0 amide bonds. The van der Waals surface area contributed by atoms with E-state index in [1.165, 1.54) is 30.3 Å². The summed E-state index contributed by atoms with van der Waals surface area (Å²) in [6, 6.07) is 15.9. The smallest absolute Gasteiger partial charge is 0.307 e. The molecule has 2 unspecified atom stereocenters. The quantitative estimate of drug-likeness (QED) is 0.595. The first-order valence-electron chi connectivity index (χ1n) is 9.63. The van der Waals surface area contributed by atoms with Gasteiger partial charge >= 0.3 is 5.97 Å². The molecule has 1 heterocycles.